The zero-order valence-corrected chi connectivity index (χ0v) is 10.9. The lowest BCUT2D eigenvalue weighted by Gasteiger charge is -2.20. The minimum absolute atomic E-state index is 0.0971. The van der Waals surface area contributed by atoms with E-state index in [-0.39, 0.29) is 5.91 Å². The molecule has 0 bridgehead atoms. The molecule has 0 atom stereocenters. The molecule has 1 rings (SSSR count). The second kappa shape index (κ2) is 4.21. The highest BCUT2D eigenvalue weighted by molar-refractivity contribution is 9.10. The molecule has 0 aromatic carbocycles. The first-order chi connectivity index (χ1) is 6.40. The van der Waals surface area contributed by atoms with Gasteiger partial charge in [-0.1, -0.05) is 29.3 Å². The summed E-state index contributed by atoms with van der Waals surface area (Å²) in [6, 6.07) is 0. The fraction of sp³-hybridized carbons (Fsp3) is 0.909. The molecule has 0 radical (unpaired) electrons. The van der Waals surface area contributed by atoms with E-state index in [1.54, 1.807) is 0 Å². The third-order valence-electron chi connectivity index (χ3n) is 2.90. The molecular formula is C11H20BrNO. The van der Waals surface area contributed by atoms with Crippen LogP contribution in [-0.2, 0) is 4.79 Å². The summed E-state index contributed by atoms with van der Waals surface area (Å²) in [4.78, 5) is 11.6. The minimum atomic E-state index is -0.435. The van der Waals surface area contributed by atoms with Crippen LogP contribution in [0, 0.1) is 5.41 Å². The molecule has 1 aliphatic carbocycles. The van der Waals surface area contributed by atoms with E-state index >= 15 is 0 Å². The molecular weight excluding hydrogens is 242 g/mol. The van der Waals surface area contributed by atoms with Crippen molar-refractivity contribution in [3.8, 4) is 0 Å². The SMILES string of the molecule is CCCC1(CNC(=O)C(C)(C)Br)CC1. The van der Waals surface area contributed by atoms with E-state index in [4.69, 9.17) is 0 Å². The van der Waals surface area contributed by atoms with E-state index in [1.807, 2.05) is 13.8 Å². The zero-order valence-electron chi connectivity index (χ0n) is 9.32. The third-order valence-corrected chi connectivity index (χ3v) is 3.26. The molecule has 1 N–H and O–H groups in total. The first-order valence-electron chi connectivity index (χ1n) is 5.37. The van der Waals surface area contributed by atoms with Crippen LogP contribution in [0.4, 0.5) is 0 Å². The van der Waals surface area contributed by atoms with Gasteiger partial charge in [-0.05, 0) is 38.5 Å². The van der Waals surface area contributed by atoms with Crippen molar-refractivity contribution in [3.63, 3.8) is 0 Å². The van der Waals surface area contributed by atoms with Gasteiger partial charge in [-0.15, -0.1) is 0 Å². The van der Waals surface area contributed by atoms with E-state index in [0.29, 0.717) is 5.41 Å². The molecule has 2 nitrogen and oxygen atoms in total. The lowest BCUT2D eigenvalue weighted by molar-refractivity contribution is -0.122. The van der Waals surface area contributed by atoms with E-state index in [2.05, 4.69) is 28.2 Å². The fourth-order valence-corrected chi connectivity index (χ4v) is 1.84. The van der Waals surface area contributed by atoms with Crippen LogP contribution in [-0.4, -0.2) is 16.8 Å². The van der Waals surface area contributed by atoms with Crippen molar-refractivity contribution in [3.05, 3.63) is 0 Å². The van der Waals surface area contributed by atoms with Crippen molar-refractivity contribution in [2.75, 3.05) is 6.54 Å². The Morgan fingerprint density at radius 3 is 2.43 bits per heavy atom. The number of nitrogens with one attached hydrogen (secondary N) is 1. The van der Waals surface area contributed by atoms with Gasteiger partial charge in [-0.25, -0.2) is 0 Å². The topological polar surface area (TPSA) is 29.1 Å². The lowest BCUT2D eigenvalue weighted by atomic mass is 10.0. The van der Waals surface area contributed by atoms with Crippen molar-refractivity contribution < 1.29 is 4.79 Å². The van der Waals surface area contributed by atoms with Gasteiger partial charge in [0.15, 0.2) is 0 Å². The van der Waals surface area contributed by atoms with Gasteiger partial charge in [0, 0.05) is 6.54 Å². The summed E-state index contributed by atoms with van der Waals surface area (Å²) in [5.41, 5.74) is 0.447. The fourth-order valence-electron chi connectivity index (χ4n) is 1.70. The van der Waals surface area contributed by atoms with Crippen LogP contribution in [0.1, 0.15) is 46.5 Å². The number of rotatable bonds is 5. The van der Waals surface area contributed by atoms with Crippen LogP contribution in [0.25, 0.3) is 0 Å². The van der Waals surface area contributed by atoms with Crippen LogP contribution >= 0.6 is 15.9 Å². The van der Waals surface area contributed by atoms with Crippen molar-refractivity contribution in [1.82, 2.24) is 5.32 Å². The van der Waals surface area contributed by atoms with Gasteiger partial charge in [0.1, 0.15) is 0 Å². The Kier molecular flexibility index (Phi) is 3.62. The number of carbonyl (C=O) groups is 1. The summed E-state index contributed by atoms with van der Waals surface area (Å²) in [5.74, 6) is 0.0971. The van der Waals surface area contributed by atoms with Crippen molar-refractivity contribution in [2.24, 2.45) is 5.41 Å². The quantitative estimate of drug-likeness (QED) is 0.758. The van der Waals surface area contributed by atoms with E-state index < -0.39 is 4.32 Å². The summed E-state index contributed by atoms with van der Waals surface area (Å²) >= 11 is 3.36. The number of hydrogen-bond donors (Lipinski definition) is 1. The highest BCUT2D eigenvalue weighted by Gasteiger charge is 2.42. The standard InChI is InChI=1S/C11H20BrNO/c1-4-5-11(6-7-11)8-13-9(14)10(2,3)12/h4-8H2,1-3H3,(H,13,14). The molecule has 0 aliphatic heterocycles. The number of hydrogen-bond acceptors (Lipinski definition) is 1. The normalized spacial score (nSPS) is 19.1. The summed E-state index contributed by atoms with van der Waals surface area (Å²) in [7, 11) is 0. The van der Waals surface area contributed by atoms with E-state index in [9.17, 15) is 4.79 Å². The largest absolute Gasteiger partial charge is 0.354 e. The number of carbonyl (C=O) groups excluding carboxylic acids is 1. The van der Waals surface area contributed by atoms with Crippen molar-refractivity contribution in [2.45, 2.75) is 50.8 Å². The maximum atomic E-state index is 11.6. The predicted molar refractivity (Wildman–Crippen MR) is 62.6 cm³/mol. The van der Waals surface area contributed by atoms with Crippen LogP contribution in [0.5, 0.6) is 0 Å². The molecule has 1 aliphatic rings. The Hall–Kier alpha value is -0.0500. The van der Waals surface area contributed by atoms with Gasteiger partial charge < -0.3 is 5.32 Å². The van der Waals surface area contributed by atoms with Gasteiger partial charge in [0.25, 0.3) is 0 Å². The van der Waals surface area contributed by atoms with Crippen LogP contribution < -0.4 is 5.32 Å². The molecule has 1 fully saturated rings. The molecule has 82 valence electrons. The molecule has 0 heterocycles. The third kappa shape index (κ3) is 3.26. The average Bonchev–Trinajstić information content (AvgIpc) is 2.80. The first-order valence-corrected chi connectivity index (χ1v) is 6.16. The average molecular weight is 262 g/mol. The molecule has 0 saturated heterocycles. The summed E-state index contributed by atoms with van der Waals surface area (Å²) in [6.07, 6.45) is 5.03. The minimum Gasteiger partial charge on any atom is -0.354 e. The van der Waals surface area contributed by atoms with Gasteiger partial charge in [0.05, 0.1) is 4.32 Å². The van der Waals surface area contributed by atoms with Crippen molar-refractivity contribution >= 4 is 21.8 Å². The lowest BCUT2D eigenvalue weighted by Crippen LogP contribution is -2.40. The first kappa shape index (κ1) is 12.0. The van der Waals surface area contributed by atoms with Gasteiger partial charge >= 0.3 is 0 Å². The monoisotopic (exact) mass is 261 g/mol. The summed E-state index contributed by atoms with van der Waals surface area (Å²) in [5, 5.41) is 3.02. The Bertz CT molecular complexity index is 216. The molecule has 0 spiro atoms. The summed E-state index contributed by atoms with van der Waals surface area (Å²) < 4.78 is -0.435. The molecule has 0 aromatic heterocycles. The smallest absolute Gasteiger partial charge is 0.236 e. The molecule has 3 heteroatoms. The molecule has 1 saturated carbocycles. The van der Waals surface area contributed by atoms with Crippen LogP contribution in [0.3, 0.4) is 0 Å². The second-order valence-corrected chi connectivity index (χ2v) is 6.89. The molecule has 0 unspecified atom stereocenters. The Morgan fingerprint density at radius 2 is 2.07 bits per heavy atom. The molecule has 0 aromatic rings. The van der Waals surface area contributed by atoms with E-state index in [1.165, 1.54) is 25.7 Å². The highest BCUT2D eigenvalue weighted by Crippen LogP contribution is 2.48. The number of halogens is 1. The molecule has 1 amide bonds. The van der Waals surface area contributed by atoms with E-state index in [0.717, 1.165) is 6.54 Å². The van der Waals surface area contributed by atoms with Gasteiger partial charge in [0.2, 0.25) is 5.91 Å². The maximum absolute atomic E-state index is 11.6. The maximum Gasteiger partial charge on any atom is 0.236 e. The summed E-state index contributed by atoms with van der Waals surface area (Å²) in [6.45, 7) is 6.81. The van der Waals surface area contributed by atoms with Crippen LogP contribution in [0.15, 0.2) is 0 Å². The Morgan fingerprint density at radius 1 is 1.50 bits per heavy atom. The van der Waals surface area contributed by atoms with Gasteiger partial charge in [-0.3, -0.25) is 4.79 Å². The highest BCUT2D eigenvalue weighted by atomic mass is 79.9. The predicted octanol–water partition coefficient (Wildman–Crippen LogP) is 2.86. The Labute approximate surface area is 95.0 Å². The van der Waals surface area contributed by atoms with Crippen LogP contribution in [0.2, 0.25) is 0 Å². The number of alkyl halides is 1. The zero-order chi connectivity index (χ0) is 10.8. The van der Waals surface area contributed by atoms with Gasteiger partial charge in [-0.2, -0.15) is 0 Å². The molecule has 14 heavy (non-hydrogen) atoms. The Balaban J connectivity index is 2.30. The number of amides is 1. The second-order valence-electron chi connectivity index (χ2n) is 4.91. The van der Waals surface area contributed by atoms with Crippen molar-refractivity contribution in [1.29, 1.82) is 0 Å².